The molecule has 3 heterocycles. The minimum atomic E-state index is -0.0594. The molecule has 2 aromatic carbocycles. The Balaban J connectivity index is 1.73. The van der Waals surface area contributed by atoms with Crippen molar-refractivity contribution >= 4 is 16.7 Å². The molecule has 1 aliphatic rings. The van der Waals surface area contributed by atoms with Gasteiger partial charge < -0.3 is 10.6 Å². The number of nitrogens with zero attached hydrogens (tertiary/aromatic N) is 4. The van der Waals surface area contributed by atoms with Crippen LogP contribution in [0.25, 0.3) is 33.2 Å². The average molecular weight is 454 g/mol. The smallest absolute Gasteiger partial charge is 0.263 e. The van der Waals surface area contributed by atoms with Crippen molar-refractivity contribution in [1.29, 1.82) is 0 Å². The average Bonchev–Trinajstić information content (AvgIpc) is 3.34. The van der Waals surface area contributed by atoms with Gasteiger partial charge >= 0.3 is 0 Å². The Kier molecular flexibility index (Phi) is 5.92. The van der Waals surface area contributed by atoms with E-state index in [-0.39, 0.29) is 17.6 Å². The fourth-order valence-corrected chi connectivity index (χ4v) is 5.06. The van der Waals surface area contributed by atoms with E-state index < -0.39 is 0 Å². The molecule has 0 spiro atoms. The molecule has 174 valence electrons. The fraction of sp³-hybridized carbons (Fsp3) is 0.321. The van der Waals surface area contributed by atoms with E-state index in [9.17, 15) is 4.79 Å². The van der Waals surface area contributed by atoms with Gasteiger partial charge in [0.05, 0.1) is 11.3 Å². The van der Waals surface area contributed by atoms with Gasteiger partial charge in [0.2, 0.25) is 5.95 Å². The molecule has 5 rings (SSSR count). The molecule has 6 nitrogen and oxygen atoms in total. The maximum atomic E-state index is 13.9. The lowest BCUT2D eigenvalue weighted by Gasteiger charge is -2.33. The molecule has 0 aliphatic carbocycles. The highest BCUT2D eigenvalue weighted by Gasteiger charge is 2.34. The molecule has 4 aromatic rings. The lowest BCUT2D eigenvalue weighted by atomic mass is 9.95. The van der Waals surface area contributed by atoms with Gasteiger partial charge in [-0.15, -0.1) is 0 Å². The van der Waals surface area contributed by atoms with Crippen molar-refractivity contribution in [2.45, 2.75) is 38.8 Å². The second-order valence-electron chi connectivity index (χ2n) is 9.52. The topological polar surface area (TPSA) is 77.0 Å². The molecule has 2 N–H and O–H groups in total. The van der Waals surface area contributed by atoms with Gasteiger partial charge in [0, 0.05) is 43.6 Å². The molecule has 1 aliphatic heterocycles. The first-order chi connectivity index (χ1) is 16.5. The van der Waals surface area contributed by atoms with Crippen LogP contribution in [0.2, 0.25) is 0 Å². The Morgan fingerprint density at radius 1 is 1.00 bits per heavy atom. The summed E-state index contributed by atoms with van der Waals surface area (Å²) in [4.78, 5) is 25.5. The Morgan fingerprint density at radius 2 is 1.74 bits per heavy atom. The van der Waals surface area contributed by atoms with Crippen LogP contribution < -0.4 is 16.2 Å². The first-order valence-electron chi connectivity index (χ1n) is 12.0. The summed E-state index contributed by atoms with van der Waals surface area (Å²) in [6.45, 7) is 5.15. The molecule has 0 saturated carbocycles. The zero-order valence-electron chi connectivity index (χ0n) is 20.0. The van der Waals surface area contributed by atoms with Crippen LogP contribution in [0.5, 0.6) is 0 Å². The van der Waals surface area contributed by atoms with Crippen molar-refractivity contribution in [3.63, 3.8) is 0 Å². The van der Waals surface area contributed by atoms with Crippen LogP contribution in [0.15, 0.2) is 71.8 Å². The minimum absolute atomic E-state index is 0.0175. The summed E-state index contributed by atoms with van der Waals surface area (Å²) >= 11 is 0. The SMILES string of the molecule is CC(C)C(N)C1CCCN1c1nc(-c2ccncc2)c(-c2ccc3ccccc3c2)c(=O)n1C. The third-order valence-corrected chi connectivity index (χ3v) is 7.03. The van der Waals surface area contributed by atoms with Crippen LogP contribution >= 0.6 is 0 Å². The zero-order chi connectivity index (χ0) is 23.8. The molecule has 1 fully saturated rings. The molecule has 0 radical (unpaired) electrons. The van der Waals surface area contributed by atoms with Crippen molar-refractivity contribution < 1.29 is 0 Å². The Hall–Kier alpha value is -3.51. The predicted octanol–water partition coefficient (Wildman–Crippen LogP) is 4.61. The second-order valence-corrected chi connectivity index (χ2v) is 9.52. The number of aromatic nitrogens is 3. The highest BCUT2D eigenvalue weighted by atomic mass is 16.1. The second kappa shape index (κ2) is 9.03. The summed E-state index contributed by atoms with van der Waals surface area (Å²) in [5.74, 6) is 1.03. The molecule has 1 saturated heterocycles. The van der Waals surface area contributed by atoms with Gasteiger partial charge in [-0.2, -0.15) is 0 Å². The van der Waals surface area contributed by atoms with Gasteiger partial charge in [-0.1, -0.05) is 50.2 Å². The summed E-state index contributed by atoms with van der Waals surface area (Å²) in [7, 11) is 1.82. The quantitative estimate of drug-likeness (QED) is 0.477. The van der Waals surface area contributed by atoms with E-state index in [2.05, 4.69) is 48.0 Å². The Bertz CT molecular complexity index is 1380. The number of anilines is 1. The van der Waals surface area contributed by atoms with E-state index >= 15 is 0 Å². The lowest BCUT2D eigenvalue weighted by Crippen LogP contribution is -2.48. The zero-order valence-corrected chi connectivity index (χ0v) is 20.0. The summed E-state index contributed by atoms with van der Waals surface area (Å²) in [5.41, 5.74) is 9.56. The van der Waals surface area contributed by atoms with E-state index in [4.69, 9.17) is 10.7 Å². The van der Waals surface area contributed by atoms with Gasteiger partial charge in [0.1, 0.15) is 0 Å². The molecule has 0 amide bonds. The number of pyridine rings is 1. The number of rotatable bonds is 5. The summed E-state index contributed by atoms with van der Waals surface area (Å²) in [6, 6.07) is 18.3. The number of hydrogen-bond acceptors (Lipinski definition) is 5. The number of fused-ring (bicyclic) bond motifs is 1. The van der Waals surface area contributed by atoms with Crippen LogP contribution in [0.3, 0.4) is 0 Å². The van der Waals surface area contributed by atoms with Crippen LogP contribution in [0.1, 0.15) is 26.7 Å². The van der Waals surface area contributed by atoms with Crippen molar-refractivity contribution in [2.75, 3.05) is 11.4 Å². The van der Waals surface area contributed by atoms with Crippen LogP contribution in [0.4, 0.5) is 5.95 Å². The van der Waals surface area contributed by atoms with Gasteiger partial charge in [0.25, 0.3) is 5.56 Å². The maximum absolute atomic E-state index is 13.9. The van der Waals surface area contributed by atoms with E-state index in [0.717, 1.165) is 41.3 Å². The normalized spacial score (nSPS) is 17.0. The summed E-state index contributed by atoms with van der Waals surface area (Å²) in [6.07, 6.45) is 5.53. The maximum Gasteiger partial charge on any atom is 0.263 e. The van der Waals surface area contributed by atoms with Gasteiger partial charge in [-0.05, 0) is 53.3 Å². The molecular formula is C28H31N5O. The van der Waals surface area contributed by atoms with Crippen LogP contribution in [-0.4, -0.2) is 33.2 Å². The Labute approximate surface area is 200 Å². The van der Waals surface area contributed by atoms with E-state index in [1.54, 1.807) is 17.0 Å². The summed E-state index contributed by atoms with van der Waals surface area (Å²) in [5, 5.41) is 2.23. The number of nitrogens with two attached hydrogens (primary N) is 1. The van der Waals surface area contributed by atoms with Gasteiger partial charge in [0.15, 0.2) is 0 Å². The van der Waals surface area contributed by atoms with Gasteiger partial charge in [-0.25, -0.2) is 4.98 Å². The number of benzene rings is 2. The minimum Gasteiger partial charge on any atom is -0.338 e. The third-order valence-electron chi connectivity index (χ3n) is 7.03. The fourth-order valence-electron chi connectivity index (χ4n) is 5.06. The van der Waals surface area contributed by atoms with E-state index in [1.807, 2.05) is 37.4 Å². The molecule has 34 heavy (non-hydrogen) atoms. The summed E-state index contributed by atoms with van der Waals surface area (Å²) < 4.78 is 1.70. The molecule has 2 unspecified atom stereocenters. The van der Waals surface area contributed by atoms with Crippen molar-refractivity contribution in [3.05, 3.63) is 77.3 Å². The van der Waals surface area contributed by atoms with E-state index in [1.165, 1.54) is 0 Å². The van der Waals surface area contributed by atoms with Crippen LogP contribution in [0, 0.1) is 5.92 Å². The standard InChI is InChI=1S/C28H31N5O/c1-18(2)25(29)23-9-6-16-33(23)28-31-26(20-12-14-30-15-13-20)24(27(34)32(28)3)22-11-10-19-7-4-5-8-21(19)17-22/h4-5,7-8,10-15,17-18,23,25H,6,9,16,29H2,1-3H3. The van der Waals surface area contributed by atoms with E-state index in [0.29, 0.717) is 23.1 Å². The van der Waals surface area contributed by atoms with Crippen molar-refractivity contribution in [1.82, 2.24) is 14.5 Å². The third kappa shape index (κ3) is 3.88. The molecule has 2 aromatic heterocycles. The first kappa shape index (κ1) is 22.3. The largest absolute Gasteiger partial charge is 0.338 e. The van der Waals surface area contributed by atoms with Crippen molar-refractivity contribution in [2.24, 2.45) is 18.7 Å². The van der Waals surface area contributed by atoms with Crippen molar-refractivity contribution in [3.8, 4) is 22.4 Å². The molecule has 6 heteroatoms. The highest BCUT2D eigenvalue weighted by Crippen LogP contribution is 2.33. The molecule has 0 bridgehead atoms. The molecular weight excluding hydrogens is 422 g/mol. The predicted molar refractivity (Wildman–Crippen MR) is 139 cm³/mol. The van der Waals surface area contributed by atoms with Crippen LogP contribution in [-0.2, 0) is 7.05 Å². The highest BCUT2D eigenvalue weighted by molar-refractivity contribution is 5.90. The first-order valence-corrected chi connectivity index (χ1v) is 12.0. The Morgan fingerprint density at radius 3 is 2.47 bits per heavy atom. The lowest BCUT2D eigenvalue weighted by molar-refractivity contribution is 0.409. The monoisotopic (exact) mass is 453 g/mol. The number of hydrogen-bond donors (Lipinski definition) is 1. The molecule has 2 atom stereocenters. The van der Waals surface area contributed by atoms with Gasteiger partial charge in [-0.3, -0.25) is 14.3 Å².